The van der Waals surface area contributed by atoms with Crippen LogP contribution >= 0.6 is 0 Å². The van der Waals surface area contributed by atoms with Gasteiger partial charge in [0.1, 0.15) is 6.04 Å². The smallest absolute Gasteiger partial charge is 0.419 e. The van der Waals surface area contributed by atoms with E-state index in [0.717, 1.165) is 25.7 Å². The molecule has 7 heteroatoms. The zero-order valence-corrected chi connectivity index (χ0v) is 11.0. The lowest BCUT2D eigenvalue weighted by Crippen LogP contribution is -2.61. The summed E-state index contributed by atoms with van der Waals surface area (Å²) in [6.07, 6.45) is -1.39. The van der Waals surface area contributed by atoms with E-state index in [1.807, 2.05) is 6.92 Å². The van der Waals surface area contributed by atoms with E-state index in [1.54, 1.807) is 0 Å². The Morgan fingerprint density at radius 2 is 1.63 bits per heavy atom. The molecule has 0 aromatic rings. The predicted molar refractivity (Wildman–Crippen MR) is 64.6 cm³/mol. The second kappa shape index (κ2) is 7.69. The Balaban J connectivity index is 4.42. The lowest BCUT2D eigenvalue weighted by Gasteiger charge is -2.33. The van der Waals surface area contributed by atoms with Crippen LogP contribution in [0.3, 0.4) is 0 Å². The summed E-state index contributed by atoms with van der Waals surface area (Å²) >= 11 is 0. The molecule has 0 heterocycles. The lowest BCUT2D eigenvalue weighted by molar-refractivity contribution is -0.270. The van der Waals surface area contributed by atoms with E-state index in [9.17, 15) is 23.1 Å². The molecule has 0 saturated carbocycles. The topological polar surface area (TPSA) is 83.5 Å². The lowest BCUT2D eigenvalue weighted by atomic mass is 9.87. The minimum absolute atomic E-state index is 0.0979. The van der Waals surface area contributed by atoms with E-state index < -0.39 is 30.2 Å². The average molecular weight is 285 g/mol. The van der Waals surface area contributed by atoms with Crippen LogP contribution in [0, 0.1) is 0 Å². The monoisotopic (exact) mass is 285 g/mol. The van der Waals surface area contributed by atoms with E-state index in [2.05, 4.69) is 0 Å². The molecular weight excluding hydrogens is 263 g/mol. The Morgan fingerprint density at radius 3 is 2.05 bits per heavy atom. The van der Waals surface area contributed by atoms with E-state index >= 15 is 0 Å². The summed E-state index contributed by atoms with van der Waals surface area (Å²) in [5.74, 6) is -1.86. The minimum atomic E-state index is -5.05. The van der Waals surface area contributed by atoms with Crippen molar-refractivity contribution in [1.29, 1.82) is 0 Å². The number of hydrogen-bond donors (Lipinski definition) is 3. The Hall–Kier alpha value is -0.820. The van der Waals surface area contributed by atoms with Gasteiger partial charge < -0.3 is 15.9 Å². The number of alkyl halides is 3. The maximum absolute atomic E-state index is 12.8. The number of hydrogen-bond acceptors (Lipinski definition) is 3. The van der Waals surface area contributed by atoms with Crippen LogP contribution in [0.25, 0.3) is 0 Å². The Kier molecular flexibility index (Phi) is 7.36. The van der Waals surface area contributed by atoms with Gasteiger partial charge in [0, 0.05) is 0 Å². The maximum atomic E-state index is 12.8. The van der Waals surface area contributed by atoms with Gasteiger partial charge in [0.25, 0.3) is 0 Å². The average Bonchev–Trinajstić information content (AvgIpc) is 2.30. The van der Waals surface area contributed by atoms with Crippen molar-refractivity contribution in [2.45, 2.75) is 69.7 Å². The zero-order chi connectivity index (χ0) is 15.1. The molecule has 0 aliphatic carbocycles. The third kappa shape index (κ3) is 5.36. The van der Waals surface area contributed by atoms with Gasteiger partial charge >= 0.3 is 12.1 Å². The molecule has 0 unspecified atom stereocenters. The van der Waals surface area contributed by atoms with Crippen LogP contribution in [0.15, 0.2) is 0 Å². The van der Waals surface area contributed by atoms with E-state index in [4.69, 9.17) is 10.8 Å². The quantitative estimate of drug-likeness (QED) is 0.568. The molecule has 0 aromatic heterocycles. The maximum Gasteiger partial charge on any atom is 0.419 e. The standard InChI is InChI=1S/C12H22F3NO3/c1-2-3-4-5-6-7-8-11(19,12(13,14)15)9(16)10(17)18/h9,19H,2-8,16H2,1H3,(H,17,18)/t9-,11+/m0/s1. The second-order valence-electron chi connectivity index (χ2n) is 4.76. The van der Waals surface area contributed by atoms with E-state index in [0.29, 0.717) is 6.42 Å². The second-order valence-corrected chi connectivity index (χ2v) is 4.76. The van der Waals surface area contributed by atoms with Gasteiger partial charge in [-0.25, -0.2) is 0 Å². The molecule has 0 spiro atoms. The largest absolute Gasteiger partial charge is 0.480 e. The van der Waals surface area contributed by atoms with Crippen molar-refractivity contribution in [3.8, 4) is 0 Å². The zero-order valence-electron chi connectivity index (χ0n) is 11.0. The van der Waals surface area contributed by atoms with Crippen LogP contribution in [0.4, 0.5) is 13.2 Å². The van der Waals surface area contributed by atoms with Crippen molar-refractivity contribution in [2.75, 3.05) is 0 Å². The van der Waals surface area contributed by atoms with Crippen molar-refractivity contribution in [2.24, 2.45) is 5.73 Å². The molecule has 0 aromatic carbocycles. The van der Waals surface area contributed by atoms with Gasteiger partial charge in [0.2, 0.25) is 0 Å². The number of carboxylic acid groups (broad SMARTS) is 1. The molecule has 0 amide bonds. The Morgan fingerprint density at radius 1 is 1.16 bits per heavy atom. The molecule has 0 aliphatic rings. The molecule has 0 rings (SSSR count). The van der Waals surface area contributed by atoms with Crippen molar-refractivity contribution in [3.05, 3.63) is 0 Å². The summed E-state index contributed by atoms with van der Waals surface area (Å²) in [6, 6.07) is -2.36. The van der Waals surface area contributed by atoms with Gasteiger partial charge in [-0.2, -0.15) is 13.2 Å². The highest BCUT2D eigenvalue weighted by Crippen LogP contribution is 2.36. The van der Waals surface area contributed by atoms with Gasteiger partial charge in [0.05, 0.1) is 0 Å². The molecule has 4 nitrogen and oxygen atoms in total. The predicted octanol–water partition coefficient (Wildman–Crippen LogP) is 2.44. The van der Waals surface area contributed by atoms with Crippen molar-refractivity contribution < 1.29 is 28.2 Å². The minimum Gasteiger partial charge on any atom is -0.480 e. The molecule has 114 valence electrons. The first-order valence-electron chi connectivity index (χ1n) is 6.44. The number of aliphatic carboxylic acids is 1. The summed E-state index contributed by atoms with van der Waals surface area (Å²) in [6.45, 7) is 2.02. The third-order valence-electron chi connectivity index (χ3n) is 3.18. The van der Waals surface area contributed by atoms with Gasteiger partial charge in [-0.15, -0.1) is 0 Å². The molecule has 0 fully saturated rings. The Labute approximate surface area is 110 Å². The number of halogens is 3. The first-order valence-corrected chi connectivity index (χ1v) is 6.44. The molecule has 4 N–H and O–H groups in total. The summed E-state index contributed by atoms with van der Waals surface area (Å²) in [5.41, 5.74) is 1.62. The third-order valence-corrected chi connectivity index (χ3v) is 3.18. The first kappa shape index (κ1) is 18.2. The number of unbranched alkanes of at least 4 members (excludes halogenated alkanes) is 5. The molecule has 0 saturated heterocycles. The number of carboxylic acids is 1. The first-order chi connectivity index (χ1) is 8.66. The van der Waals surface area contributed by atoms with Crippen molar-refractivity contribution in [1.82, 2.24) is 0 Å². The normalized spacial score (nSPS) is 16.9. The summed E-state index contributed by atoms with van der Waals surface area (Å²) in [4.78, 5) is 10.6. The van der Waals surface area contributed by atoms with Crippen molar-refractivity contribution in [3.63, 3.8) is 0 Å². The van der Waals surface area contributed by atoms with Crippen molar-refractivity contribution >= 4 is 5.97 Å². The van der Waals surface area contributed by atoms with Crippen LogP contribution < -0.4 is 5.73 Å². The fourth-order valence-corrected chi connectivity index (χ4v) is 1.85. The molecule has 0 aliphatic heterocycles. The number of carbonyl (C=O) groups is 1. The number of aliphatic hydroxyl groups is 1. The van der Waals surface area contributed by atoms with Crippen LogP contribution in [0.5, 0.6) is 0 Å². The highest BCUT2D eigenvalue weighted by molar-refractivity contribution is 5.75. The van der Waals surface area contributed by atoms with E-state index in [1.165, 1.54) is 0 Å². The fourth-order valence-electron chi connectivity index (χ4n) is 1.85. The highest BCUT2D eigenvalue weighted by Gasteiger charge is 2.59. The summed E-state index contributed by atoms with van der Waals surface area (Å²) < 4.78 is 38.3. The van der Waals surface area contributed by atoms with Gasteiger partial charge in [-0.05, 0) is 6.42 Å². The van der Waals surface area contributed by atoms with Gasteiger partial charge in [-0.3, -0.25) is 4.79 Å². The molecule has 0 radical (unpaired) electrons. The van der Waals surface area contributed by atoms with Crippen LogP contribution in [-0.4, -0.2) is 34.0 Å². The highest BCUT2D eigenvalue weighted by atomic mass is 19.4. The fraction of sp³-hybridized carbons (Fsp3) is 0.917. The van der Waals surface area contributed by atoms with E-state index in [-0.39, 0.29) is 6.42 Å². The van der Waals surface area contributed by atoms with Crippen LogP contribution in [0.2, 0.25) is 0 Å². The SMILES string of the molecule is CCCCCCCC[C@@](O)([C@@H](N)C(=O)O)C(F)(F)F. The number of rotatable bonds is 9. The molecule has 0 bridgehead atoms. The molecule has 2 atom stereocenters. The number of nitrogens with two attached hydrogens (primary N) is 1. The summed E-state index contributed by atoms with van der Waals surface area (Å²) in [5, 5.41) is 18.1. The Bertz CT molecular complexity index is 284. The van der Waals surface area contributed by atoms with Gasteiger partial charge in [0.15, 0.2) is 5.60 Å². The summed E-state index contributed by atoms with van der Waals surface area (Å²) in [7, 11) is 0. The van der Waals surface area contributed by atoms with Gasteiger partial charge in [-0.1, -0.05) is 45.4 Å². The molecule has 19 heavy (non-hydrogen) atoms. The van der Waals surface area contributed by atoms with Crippen LogP contribution in [0.1, 0.15) is 51.9 Å². The van der Waals surface area contributed by atoms with Crippen LogP contribution in [-0.2, 0) is 4.79 Å². The molecular formula is C12H22F3NO3.